The van der Waals surface area contributed by atoms with Gasteiger partial charge in [0.25, 0.3) is 0 Å². The van der Waals surface area contributed by atoms with Crippen LogP contribution in [0.2, 0.25) is 0 Å². The minimum Gasteiger partial charge on any atom is -0.504 e. The van der Waals surface area contributed by atoms with Crippen LogP contribution in [0.15, 0.2) is 12.1 Å². The molecular formula is C11H15ClO3. The van der Waals surface area contributed by atoms with Gasteiger partial charge in [-0.2, -0.15) is 0 Å². The Morgan fingerprint density at radius 3 is 2.40 bits per heavy atom. The number of aromatic hydroxyl groups is 1. The highest BCUT2D eigenvalue weighted by Gasteiger charge is 2.14. The number of alkyl halides is 1. The summed E-state index contributed by atoms with van der Waals surface area (Å²) >= 11 is 5.68. The van der Waals surface area contributed by atoms with Crippen LogP contribution in [-0.4, -0.2) is 18.3 Å². The van der Waals surface area contributed by atoms with E-state index in [1.54, 1.807) is 12.1 Å². The lowest BCUT2D eigenvalue weighted by Gasteiger charge is -2.13. The Kier molecular flexibility index (Phi) is 4.56. The van der Waals surface area contributed by atoms with Crippen molar-refractivity contribution in [2.45, 2.75) is 19.7 Å². The van der Waals surface area contributed by atoms with Crippen molar-refractivity contribution >= 4 is 11.6 Å². The van der Waals surface area contributed by atoms with E-state index in [1.807, 2.05) is 13.8 Å². The smallest absolute Gasteiger partial charge is 0.203 e. The summed E-state index contributed by atoms with van der Waals surface area (Å²) < 4.78 is 10.7. The van der Waals surface area contributed by atoms with Gasteiger partial charge in [0.2, 0.25) is 5.75 Å². The van der Waals surface area contributed by atoms with E-state index in [0.717, 1.165) is 0 Å². The van der Waals surface area contributed by atoms with Crippen LogP contribution in [-0.2, 0) is 5.88 Å². The first-order valence-electron chi connectivity index (χ1n) is 4.90. The van der Waals surface area contributed by atoms with E-state index < -0.39 is 0 Å². The van der Waals surface area contributed by atoms with Gasteiger partial charge in [0.15, 0.2) is 11.5 Å². The quantitative estimate of drug-likeness (QED) is 0.791. The highest BCUT2D eigenvalue weighted by Crippen LogP contribution is 2.39. The molecule has 3 nitrogen and oxygen atoms in total. The molecule has 0 aliphatic heterocycles. The molecule has 0 aliphatic carbocycles. The summed E-state index contributed by atoms with van der Waals surface area (Å²) in [5, 5.41) is 9.84. The molecule has 0 amide bonds. The van der Waals surface area contributed by atoms with Gasteiger partial charge in [-0.05, 0) is 19.9 Å². The first-order chi connectivity index (χ1) is 7.24. The molecule has 0 unspecified atom stereocenters. The number of hydrogen-bond donors (Lipinski definition) is 1. The highest BCUT2D eigenvalue weighted by molar-refractivity contribution is 6.17. The second-order valence-electron chi connectivity index (χ2n) is 2.90. The molecule has 0 fully saturated rings. The molecule has 15 heavy (non-hydrogen) atoms. The summed E-state index contributed by atoms with van der Waals surface area (Å²) in [7, 11) is 0. The molecule has 1 aromatic rings. The Balaban J connectivity index is 3.11. The van der Waals surface area contributed by atoms with Gasteiger partial charge in [-0.15, -0.1) is 11.6 Å². The van der Waals surface area contributed by atoms with Crippen LogP contribution in [0.3, 0.4) is 0 Å². The van der Waals surface area contributed by atoms with Crippen molar-refractivity contribution in [2.24, 2.45) is 0 Å². The summed E-state index contributed by atoms with van der Waals surface area (Å²) in [5.74, 6) is 1.24. The summed E-state index contributed by atoms with van der Waals surface area (Å²) in [6.45, 7) is 4.73. The number of halogens is 1. The third-order valence-electron chi connectivity index (χ3n) is 1.91. The molecule has 0 saturated carbocycles. The van der Waals surface area contributed by atoms with Crippen molar-refractivity contribution in [2.75, 3.05) is 13.2 Å². The number of phenols is 1. The van der Waals surface area contributed by atoms with E-state index in [1.165, 1.54) is 0 Å². The molecule has 1 aromatic carbocycles. The molecule has 0 radical (unpaired) electrons. The molecule has 0 bridgehead atoms. The van der Waals surface area contributed by atoms with Crippen molar-refractivity contribution in [3.63, 3.8) is 0 Å². The van der Waals surface area contributed by atoms with Crippen molar-refractivity contribution < 1.29 is 14.6 Å². The zero-order valence-electron chi connectivity index (χ0n) is 8.92. The molecule has 1 N–H and O–H groups in total. The van der Waals surface area contributed by atoms with E-state index in [2.05, 4.69) is 0 Å². The first-order valence-corrected chi connectivity index (χ1v) is 5.44. The highest BCUT2D eigenvalue weighted by atomic mass is 35.5. The van der Waals surface area contributed by atoms with E-state index in [0.29, 0.717) is 30.3 Å². The lowest BCUT2D eigenvalue weighted by molar-refractivity contribution is 0.274. The lowest BCUT2D eigenvalue weighted by atomic mass is 10.2. The van der Waals surface area contributed by atoms with Gasteiger partial charge in [0.05, 0.1) is 19.1 Å². The maximum atomic E-state index is 9.84. The predicted octanol–water partition coefficient (Wildman–Crippen LogP) is 2.93. The Bertz CT molecular complexity index is 326. The van der Waals surface area contributed by atoms with Crippen LogP contribution in [0.25, 0.3) is 0 Å². The van der Waals surface area contributed by atoms with E-state index in [-0.39, 0.29) is 11.6 Å². The second-order valence-corrected chi connectivity index (χ2v) is 3.17. The third-order valence-corrected chi connectivity index (χ3v) is 2.20. The Morgan fingerprint density at radius 1 is 1.20 bits per heavy atom. The van der Waals surface area contributed by atoms with Crippen molar-refractivity contribution in [3.8, 4) is 17.2 Å². The van der Waals surface area contributed by atoms with Crippen LogP contribution >= 0.6 is 11.6 Å². The van der Waals surface area contributed by atoms with Gasteiger partial charge >= 0.3 is 0 Å². The van der Waals surface area contributed by atoms with E-state index in [4.69, 9.17) is 21.1 Å². The average Bonchev–Trinajstić information content (AvgIpc) is 2.24. The van der Waals surface area contributed by atoms with Crippen LogP contribution < -0.4 is 9.47 Å². The maximum Gasteiger partial charge on any atom is 0.203 e. The van der Waals surface area contributed by atoms with Crippen molar-refractivity contribution in [1.29, 1.82) is 0 Å². The van der Waals surface area contributed by atoms with Crippen molar-refractivity contribution in [1.82, 2.24) is 0 Å². The van der Waals surface area contributed by atoms with Crippen LogP contribution in [0.1, 0.15) is 19.4 Å². The van der Waals surface area contributed by atoms with Gasteiger partial charge in [0, 0.05) is 5.56 Å². The predicted molar refractivity (Wildman–Crippen MR) is 60.0 cm³/mol. The SMILES string of the molecule is CCOc1ccc(CCl)c(O)c1OCC. The van der Waals surface area contributed by atoms with Crippen molar-refractivity contribution in [3.05, 3.63) is 17.7 Å². The van der Waals surface area contributed by atoms with Crippen LogP contribution in [0, 0.1) is 0 Å². The summed E-state index contributed by atoms with van der Waals surface area (Å²) in [6, 6.07) is 3.49. The fourth-order valence-corrected chi connectivity index (χ4v) is 1.47. The lowest BCUT2D eigenvalue weighted by Crippen LogP contribution is -1.99. The number of phenolic OH excluding ortho intramolecular Hbond substituents is 1. The summed E-state index contributed by atoms with van der Waals surface area (Å²) in [4.78, 5) is 0. The Labute approximate surface area is 94.6 Å². The van der Waals surface area contributed by atoms with Gasteiger partial charge < -0.3 is 14.6 Å². The standard InChI is InChI=1S/C11H15ClO3/c1-3-14-9-6-5-8(7-12)10(13)11(9)15-4-2/h5-6,13H,3-4,7H2,1-2H3. The molecule has 0 saturated heterocycles. The molecule has 1 rings (SSSR count). The second kappa shape index (κ2) is 5.71. The zero-order chi connectivity index (χ0) is 11.3. The molecule has 0 atom stereocenters. The topological polar surface area (TPSA) is 38.7 Å². The Morgan fingerprint density at radius 2 is 1.87 bits per heavy atom. The van der Waals surface area contributed by atoms with E-state index in [9.17, 15) is 5.11 Å². The van der Waals surface area contributed by atoms with Crippen LogP contribution in [0.5, 0.6) is 17.2 Å². The number of hydrogen-bond acceptors (Lipinski definition) is 3. The van der Waals surface area contributed by atoms with E-state index >= 15 is 0 Å². The fourth-order valence-electron chi connectivity index (χ4n) is 1.25. The van der Waals surface area contributed by atoms with Crippen LogP contribution in [0.4, 0.5) is 0 Å². The molecule has 0 aromatic heterocycles. The molecule has 0 aliphatic rings. The third kappa shape index (κ3) is 2.69. The molecule has 84 valence electrons. The summed E-state index contributed by atoms with van der Waals surface area (Å²) in [6.07, 6.45) is 0. The Hall–Kier alpha value is -1.09. The number of ether oxygens (including phenoxy) is 2. The molecule has 4 heteroatoms. The first kappa shape index (κ1) is 12.0. The van der Waals surface area contributed by atoms with Gasteiger partial charge in [-0.25, -0.2) is 0 Å². The largest absolute Gasteiger partial charge is 0.504 e. The minimum absolute atomic E-state index is 0.0674. The van der Waals surface area contributed by atoms with Gasteiger partial charge in [-0.3, -0.25) is 0 Å². The normalized spacial score (nSPS) is 10.1. The molecule has 0 spiro atoms. The average molecular weight is 231 g/mol. The maximum absolute atomic E-state index is 9.84. The minimum atomic E-state index is 0.0674. The monoisotopic (exact) mass is 230 g/mol. The molecule has 0 heterocycles. The number of benzene rings is 1. The fraction of sp³-hybridized carbons (Fsp3) is 0.455. The molecular weight excluding hydrogens is 216 g/mol. The number of rotatable bonds is 5. The summed E-state index contributed by atoms with van der Waals surface area (Å²) in [5.41, 5.74) is 0.642. The zero-order valence-corrected chi connectivity index (χ0v) is 9.67. The van der Waals surface area contributed by atoms with Gasteiger partial charge in [0.1, 0.15) is 0 Å². The van der Waals surface area contributed by atoms with Gasteiger partial charge in [-0.1, -0.05) is 6.07 Å².